The number of hydrogen-bond acceptors (Lipinski definition) is 2. The zero-order chi connectivity index (χ0) is 9.97. The van der Waals surface area contributed by atoms with Crippen molar-refractivity contribution < 1.29 is 4.79 Å². The second kappa shape index (κ2) is 3.46. The summed E-state index contributed by atoms with van der Waals surface area (Å²) < 4.78 is 0. The summed E-state index contributed by atoms with van der Waals surface area (Å²) in [6.45, 7) is 1.82. The highest BCUT2D eigenvalue weighted by Crippen LogP contribution is 2.06. The van der Waals surface area contributed by atoms with E-state index in [2.05, 4.69) is 9.97 Å². The zero-order valence-corrected chi connectivity index (χ0v) is 7.82. The minimum Gasteiger partial charge on any atom is -0.340 e. The molecule has 0 saturated carbocycles. The van der Waals surface area contributed by atoms with E-state index in [9.17, 15) is 4.79 Å². The third-order valence-corrected chi connectivity index (χ3v) is 1.98. The van der Waals surface area contributed by atoms with Crippen molar-refractivity contribution in [1.82, 2.24) is 9.97 Å². The minimum atomic E-state index is -0.0220. The summed E-state index contributed by atoms with van der Waals surface area (Å²) in [7, 11) is 0. The monoisotopic (exact) mass is 186 g/mol. The lowest BCUT2D eigenvalue weighted by molar-refractivity contribution is 0.103. The summed E-state index contributed by atoms with van der Waals surface area (Å²) in [5.74, 6) is 0.732. The van der Waals surface area contributed by atoms with Crippen LogP contribution in [0.5, 0.6) is 0 Å². The average Bonchev–Trinajstić information content (AvgIpc) is 2.65. The van der Waals surface area contributed by atoms with Gasteiger partial charge in [0.15, 0.2) is 0 Å². The van der Waals surface area contributed by atoms with Gasteiger partial charge >= 0.3 is 0 Å². The maximum Gasteiger partial charge on any atom is 0.210 e. The van der Waals surface area contributed by atoms with Gasteiger partial charge in [0.25, 0.3) is 0 Å². The Labute approximate surface area is 81.8 Å². The van der Waals surface area contributed by atoms with Gasteiger partial charge in [-0.1, -0.05) is 30.3 Å². The number of aryl methyl sites for hydroxylation is 1. The summed E-state index contributed by atoms with van der Waals surface area (Å²) in [6, 6.07) is 9.15. The number of nitrogens with zero attached hydrogens (tertiary/aromatic N) is 1. The Bertz CT molecular complexity index is 445. The lowest BCUT2D eigenvalue weighted by atomic mass is 10.1. The Hall–Kier alpha value is -1.90. The third kappa shape index (κ3) is 1.57. The molecule has 0 spiro atoms. The molecule has 2 aromatic rings. The maximum atomic E-state index is 11.8. The number of nitrogens with one attached hydrogen (secondary N) is 1. The highest BCUT2D eigenvalue weighted by Gasteiger charge is 2.09. The second-order valence-electron chi connectivity index (χ2n) is 3.08. The van der Waals surface area contributed by atoms with Crippen molar-refractivity contribution in [1.29, 1.82) is 0 Å². The molecule has 70 valence electrons. The SMILES string of the molecule is Cc1ncc(C(=O)c2ccccc2)[nH]1. The number of aromatic nitrogens is 2. The van der Waals surface area contributed by atoms with E-state index in [1.54, 1.807) is 18.3 Å². The Balaban J connectivity index is 2.34. The molecule has 3 nitrogen and oxygen atoms in total. The molecule has 14 heavy (non-hydrogen) atoms. The van der Waals surface area contributed by atoms with Crippen molar-refractivity contribution >= 4 is 5.78 Å². The first-order valence-corrected chi connectivity index (χ1v) is 4.39. The summed E-state index contributed by atoms with van der Waals surface area (Å²) in [4.78, 5) is 18.7. The molecule has 1 aromatic heterocycles. The molecule has 0 atom stereocenters. The molecule has 1 N–H and O–H groups in total. The van der Waals surface area contributed by atoms with Crippen LogP contribution in [0.25, 0.3) is 0 Å². The van der Waals surface area contributed by atoms with Crippen molar-refractivity contribution in [2.75, 3.05) is 0 Å². The summed E-state index contributed by atoms with van der Waals surface area (Å²) in [6.07, 6.45) is 1.56. The predicted octanol–water partition coefficient (Wildman–Crippen LogP) is 1.95. The summed E-state index contributed by atoms with van der Waals surface area (Å²) in [5.41, 5.74) is 1.21. The van der Waals surface area contributed by atoms with Crippen LogP contribution in [-0.4, -0.2) is 15.8 Å². The first-order valence-electron chi connectivity index (χ1n) is 4.39. The van der Waals surface area contributed by atoms with Gasteiger partial charge in [-0.2, -0.15) is 0 Å². The molecule has 0 aliphatic carbocycles. The van der Waals surface area contributed by atoms with Gasteiger partial charge in [-0.15, -0.1) is 0 Å². The average molecular weight is 186 g/mol. The number of ketones is 1. The van der Waals surface area contributed by atoms with Gasteiger partial charge in [-0.3, -0.25) is 4.79 Å². The van der Waals surface area contributed by atoms with Gasteiger partial charge in [-0.25, -0.2) is 4.98 Å². The van der Waals surface area contributed by atoms with E-state index in [1.165, 1.54) is 0 Å². The number of imidazole rings is 1. The molecule has 0 fully saturated rings. The molecule has 0 aliphatic rings. The standard InChI is InChI=1S/C11H10N2O/c1-8-12-7-10(13-8)11(14)9-5-3-2-4-6-9/h2-7H,1H3,(H,12,13). The van der Waals surface area contributed by atoms with Crippen LogP contribution in [0.1, 0.15) is 21.9 Å². The third-order valence-electron chi connectivity index (χ3n) is 1.98. The van der Waals surface area contributed by atoms with Gasteiger partial charge in [0, 0.05) is 5.56 Å². The van der Waals surface area contributed by atoms with Crippen LogP contribution in [-0.2, 0) is 0 Å². The molecule has 1 heterocycles. The van der Waals surface area contributed by atoms with Crippen molar-refractivity contribution in [2.24, 2.45) is 0 Å². The minimum absolute atomic E-state index is 0.0220. The molecular weight excluding hydrogens is 176 g/mol. The van der Waals surface area contributed by atoms with Crippen LogP contribution in [0.2, 0.25) is 0 Å². The lowest BCUT2D eigenvalue weighted by Gasteiger charge is -1.95. The number of carbonyl (C=O) groups is 1. The first kappa shape index (κ1) is 8.69. The van der Waals surface area contributed by atoms with Crippen LogP contribution in [0.15, 0.2) is 36.5 Å². The Morgan fingerprint density at radius 3 is 2.57 bits per heavy atom. The van der Waals surface area contributed by atoms with E-state index in [0.717, 1.165) is 5.82 Å². The largest absolute Gasteiger partial charge is 0.340 e. The zero-order valence-electron chi connectivity index (χ0n) is 7.82. The molecule has 2 rings (SSSR count). The number of H-pyrrole nitrogens is 1. The van der Waals surface area contributed by atoms with Crippen molar-refractivity contribution in [3.05, 3.63) is 53.6 Å². The van der Waals surface area contributed by atoms with Gasteiger partial charge < -0.3 is 4.98 Å². The molecule has 0 amide bonds. The number of rotatable bonds is 2. The van der Waals surface area contributed by atoms with Gasteiger partial charge in [0.05, 0.1) is 6.20 Å². The van der Waals surface area contributed by atoms with E-state index in [4.69, 9.17) is 0 Å². The van der Waals surface area contributed by atoms with Gasteiger partial charge in [0.1, 0.15) is 11.5 Å². The maximum absolute atomic E-state index is 11.8. The molecule has 1 aromatic carbocycles. The molecule has 3 heteroatoms. The Kier molecular flexibility index (Phi) is 2.14. The molecular formula is C11H10N2O. The lowest BCUT2D eigenvalue weighted by Crippen LogP contribution is -2.00. The van der Waals surface area contributed by atoms with E-state index >= 15 is 0 Å². The fourth-order valence-electron chi connectivity index (χ4n) is 1.28. The molecule has 0 saturated heterocycles. The fourth-order valence-corrected chi connectivity index (χ4v) is 1.28. The van der Waals surface area contributed by atoms with Crippen molar-refractivity contribution in [2.45, 2.75) is 6.92 Å². The van der Waals surface area contributed by atoms with Crippen LogP contribution >= 0.6 is 0 Å². The molecule has 0 radical (unpaired) electrons. The second-order valence-corrected chi connectivity index (χ2v) is 3.08. The van der Waals surface area contributed by atoms with Crippen LogP contribution < -0.4 is 0 Å². The van der Waals surface area contributed by atoms with Crippen LogP contribution in [0.3, 0.4) is 0 Å². The first-order chi connectivity index (χ1) is 6.77. The normalized spacial score (nSPS) is 10.1. The smallest absolute Gasteiger partial charge is 0.210 e. The number of carbonyl (C=O) groups excluding carboxylic acids is 1. The Morgan fingerprint density at radius 2 is 2.00 bits per heavy atom. The number of benzene rings is 1. The van der Waals surface area contributed by atoms with Crippen molar-refractivity contribution in [3.8, 4) is 0 Å². The van der Waals surface area contributed by atoms with E-state index < -0.39 is 0 Å². The molecule has 0 unspecified atom stereocenters. The topological polar surface area (TPSA) is 45.8 Å². The van der Waals surface area contributed by atoms with Crippen LogP contribution in [0.4, 0.5) is 0 Å². The van der Waals surface area contributed by atoms with E-state index in [1.807, 2.05) is 25.1 Å². The molecule has 0 aliphatic heterocycles. The van der Waals surface area contributed by atoms with Gasteiger partial charge in [0.2, 0.25) is 5.78 Å². The van der Waals surface area contributed by atoms with Gasteiger partial charge in [-0.05, 0) is 6.92 Å². The predicted molar refractivity (Wildman–Crippen MR) is 53.2 cm³/mol. The van der Waals surface area contributed by atoms with E-state index in [0.29, 0.717) is 11.3 Å². The fraction of sp³-hybridized carbons (Fsp3) is 0.0909. The highest BCUT2D eigenvalue weighted by atomic mass is 16.1. The Morgan fingerprint density at radius 1 is 1.29 bits per heavy atom. The van der Waals surface area contributed by atoms with E-state index in [-0.39, 0.29) is 5.78 Å². The number of aromatic amines is 1. The van der Waals surface area contributed by atoms with Crippen LogP contribution in [0, 0.1) is 6.92 Å². The number of hydrogen-bond donors (Lipinski definition) is 1. The quantitative estimate of drug-likeness (QED) is 0.728. The highest BCUT2D eigenvalue weighted by molar-refractivity contribution is 6.07. The summed E-state index contributed by atoms with van der Waals surface area (Å²) >= 11 is 0. The molecule has 0 bridgehead atoms. The summed E-state index contributed by atoms with van der Waals surface area (Å²) in [5, 5.41) is 0. The van der Waals surface area contributed by atoms with Crippen molar-refractivity contribution in [3.63, 3.8) is 0 Å².